The number of carbonyl (C=O) groups is 1. The van der Waals surface area contributed by atoms with Gasteiger partial charge in [0.1, 0.15) is 0 Å². The largest absolute Gasteiger partial charge is 0.376 e. The minimum Gasteiger partial charge on any atom is -0.376 e. The van der Waals surface area contributed by atoms with Crippen LogP contribution in [0.1, 0.15) is 18.0 Å². The summed E-state index contributed by atoms with van der Waals surface area (Å²) in [6.45, 7) is 0. The molecule has 96 valence electrons. The fourth-order valence-electron chi connectivity index (χ4n) is 2.42. The molecule has 0 radical (unpaired) electrons. The average molecular weight is 253 g/mol. The quantitative estimate of drug-likeness (QED) is 0.894. The Hall–Kier alpha value is -2.36. The van der Waals surface area contributed by atoms with E-state index < -0.39 is 0 Å². The maximum absolute atomic E-state index is 12.0. The van der Waals surface area contributed by atoms with E-state index in [0.29, 0.717) is 6.42 Å². The lowest BCUT2D eigenvalue weighted by Gasteiger charge is -2.32. The molecule has 19 heavy (non-hydrogen) atoms. The van der Waals surface area contributed by atoms with Crippen LogP contribution in [0, 0.1) is 0 Å². The summed E-state index contributed by atoms with van der Waals surface area (Å²) < 4.78 is 0. The molecule has 1 atom stereocenters. The van der Waals surface area contributed by atoms with E-state index in [9.17, 15) is 4.79 Å². The van der Waals surface area contributed by atoms with Crippen LogP contribution in [-0.2, 0) is 4.79 Å². The molecule has 1 N–H and O–H groups in total. The molecule has 2 heterocycles. The number of nitrogens with one attached hydrogen (secondary N) is 1. The molecule has 0 saturated carbocycles. The van der Waals surface area contributed by atoms with Crippen LogP contribution in [0.5, 0.6) is 0 Å². The Labute approximate surface area is 112 Å². The fraction of sp³-hybridized carbons (Fsp3) is 0.200. The molecule has 3 rings (SSSR count). The van der Waals surface area contributed by atoms with Gasteiger partial charge in [0.05, 0.1) is 18.2 Å². The van der Waals surface area contributed by atoms with Gasteiger partial charge in [0.2, 0.25) is 5.91 Å². The summed E-state index contributed by atoms with van der Waals surface area (Å²) in [7, 11) is 1.82. The SMILES string of the molecule is CN1C(=O)CC(Nc2cccnc2)c2ccccc21. The highest BCUT2D eigenvalue weighted by Gasteiger charge is 2.28. The van der Waals surface area contributed by atoms with Crippen molar-refractivity contribution >= 4 is 17.3 Å². The second-order valence-corrected chi connectivity index (χ2v) is 4.65. The summed E-state index contributed by atoms with van der Waals surface area (Å²) in [6, 6.07) is 11.8. The maximum atomic E-state index is 12.0. The minimum atomic E-state index is 0.00380. The van der Waals surface area contributed by atoms with Gasteiger partial charge in [0.15, 0.2) is 0 Å². The molecule has 1 aromatic carbocycles. The number of amides is 1. The van der Waals surface area contributed by atoms with Gasteiger partial charge >= 0.3 is 0 Å². The van der Waals surface area contributed by atoms with Crippen molar-refractivity contribution in [1.29, 1.82) is 0 Å². The van der Waals surface area contributed by atoms with E-state index >= 15 is 0 Å². The third-order valence-electron chi connectivity index (χ3n) is 3.43. The molecule has 0 spiro atoms. The van der Waals surface area contributed by atoms with Gasteiger partial charge in [-0.3, -0.25) is 9.78 Å². The highest BCUT2D eigenvalue weighted by atomic mass is 16.2. The number of carbonyl (C=O) groups excluding carboxylic acids is 1. The van der Waals surface area contributed by atoms with Crippen molar-refractivity contribution in [3.63, 3.8) is 0 Å². The highest BCUT2D eigenvalue weighted by Crippen LogP contribution is 2.35. The van der Waals surface area contributed by atoms with Gasteiger partial charge in [-0.2, -0.15) is 0 Å². The van der Waals surface area contributed by atoms with E-state index in [1.54, 1.807) is 17.3 Å². The van der Waals surface area contributed by atoms with Crippen molar-refractivity contribution in [1.82, 2.24) is 4.98 Å². The molecule has 0 bridgehead atoms. The van der Waals surface area contributed by atoms with Crippen molar-refractivity contribution in [3.05, 3.63) is 54.4 Å². The van der Waals surface area contributed by atoms with Crippen molar-refractivity contribution in [2.75, 3.05) is 17.3 Å². The molecule has 1 aliphatic rings. The number of hydrogen-bond donors (Lipinski definition) is 1. The van der Waals surface area contributed by atoms with Gasteiger partial charge in [0.25, 0.3) is 0 Å². The Morgan fingerprint density at radius 3 is 2.89 bits per heavy atom. The van der Waals surface area contributed by atoms with Gasteiger partial charge in [0, 0.05) is 25.1 Å². The van der Waals surface area contributed by atoms with Gasteiger partial charge in [-0.1, -0.05) is 18.2 Å². The Kier molecular flexibility index (Phi) is 2.91. The Bertz CT molecular complexity index is 597. The zero-order chi connectivity index (χ0) is 13.2. The van der Waals surface area contributed by atoms with Crippen LogP contribution in [0.25, 0.3) is 0 Å². The second kappa shape index (κ2) is 4.72. The molecule has 1 unspecified atom stereocenters. The number of benzene rings is 1. The predicted octanol–water partition coefficient (Wildman–Crippen LogP) is 2.60. The second-order valence-electron chi connectivity index (χ2n) is 4.65. The topological polar surface area (TPSA) is 45.2 Å². The molecule has 0 saturated heterocycles. The lowest BCUT2D eigenvalue weighted by Crippen LogP contribution is -2.35. The van der Waals surface area contributed by atoms with Crippen LogP contribution in [0.3, 0.4) is 0 Å². The molecule has 1 aromatic heterocycles. The van der Waals surface area contributed by atoms with E-state index in [-0.39, 0.29) is 11.9 Å². The maximum Gasteiger partial charge on any atom is 0.229 e. The normalized spacial score (nSPS) is 18.1. The van der Waals surface area contributed by atoms with E-state index in [4.69, 9.17) is 0 Å². The summed E-state index contributed by atoms with van der Waals surface area (Å²) >= 11 is 0. The van der Waals surface area contributed by atoms with Gasteiger partial charge in [-0.25, -0.2) is 0 Å². The third kappa shape index (κ3) is 2.17. The fourth-order valence-corrected chi connectivity index (χ4v) is 2.42. The molecule has 4 heteroatoms. The number of para-hydroxylation sites is 1. The zero-order valence-electron chi connectivity index (χ0n) is 10.7. The lowest BCUT2D eigenvalue weighted by molar-refractivity contribution is -0.118. The molecule has 1 aliphatic heterocycles. The van der Waals surface area contributed by atoms with Gasteiger partial charge < -0.3 is 10.2 Å². The van der Waals surface area contributed by atoms with Crippen molar-refractivity contribution in [2.24, 2.45) is 0 Å². The first-order chi connectivity index (χ1) is 9.25. The number of aromatic nitrogens is 1. The number of fused-ring (bicyclic) bond motifs is 1. The van der Waals surface area contributed by atoms with Crippen molar-refractivity contribution in [3.8, 4) is 0 Å². The Balaban J connectivity index is 1.95. The molecule has 2 aromatic rings. The van der Waals surface area contributed by atoms with Crippen molar-refractivity contribution < 1.29 is 4.79 Å². The van der Waals surface area contributed by atoms with Crippen LogP contribution in [0.4, 0.5) is 11.4 Å². The summed E-state index contributed by atoms with van der Waals surface area (Å²) in [5.74, 6) is 0.125. The van der Waals surface area contributed by atoms with Crippen molar-refractivity contribution in [2.45, 2.75) is 12.5 Å². The third-order valence-corrected chi connectivity index (χ3v) is 3.43. The monoisotopic (exact) mass is 253 g/mol. The molecule has 0 aliphatic carbocycles. The highest BCUT2D eigenvalue weighted by molar-refractivity contribution is 5.96. The van der Waals surface area contributed by atoms with E-state index in [2.05, 4.69) is 16.4 Å². The molecule has 4 nitrogen and oxygen atoms in total. The lowest BCUT2D eigenvalue weighted by atomic mass is 9.96. The van der Waals surface area contributed by atoms with E-state index in [0.717, 1.165) is 16.9 Å². The van der Waals surface area contributed by atoms with Crippen LogP contribution in [0.2, 0.25) is 0 Å². The van der Waals surface area contributed by atoms with E-state index in [1.165, 1.54) is 0 Å². The zero-order valence-corrected chi connectivity index (χ0v) is 10.7. The summed E-state index contributed by atoms with van der Waals surface area (Å²) in [5.41, 5.74) is 3.05. The number of nitrogens with zero attached hydrogens (tertiary/aromatic N) is 2. The first-order valence-electron chi connectivity index (χ1n) is 6.28. The molecule has 1 amide bonds. The standard InChI is InChI=1S/C15H15N3O/c1-18-14-7-3-2-6-12(14)13(9-15(18)19)17-11-5-4-8-16-10-11/h2-8,10,13,17H,9H2,1H3. The average Bonchev–Trinajstić information content (AvgIpc) is 2.46. The summed E-state index contributed by atoms with van der Waals surface area (Å²) in [4.78, 5) is 17.8. The Morgan fingerprint density at radius 2 is 2.11 bits per heavy atom. The molecule has 0 fully saturated rings. The number of anilines is 2. The first-order valence-corrected chi connectivity index (χ1v) is 6.28. The minimum absolute atomic E-state index is 0.00380. The predicted molar refractivity (Wildman–Crippen MR) is 75.1 cm³/mol. The number of hydrogen-bond acceptors (Lipinski definition) is 3. The van der Waals surface area contributed by atoms with Crippen LogP contribution in [0.15, 0.2) is 48.8 Å². The van der Waals surface area contributed by atoms with Crippen LogP contribution >= 0.6 is 0 Å². The van der Waals surface area contributed by atoms with Crippen LogP contribution < -0.4 is 10.2 Å². The van der Waals surface area contributed by atoms with E-state index in [1.807, 2.05) is 37.4 Å². The summed E-state index contributed by atoms with van der Waals surface area (Å²) in [6.07, 6.45) is 3.97. The Morgan fingerprint density at radius 1 is 1.26 bits per heavy atom. The number of rotatable bonds is 2. The van der Waals surface area contributed by atoms with Gasteiger partial charge in [-0.05, 0) is 23.8 Å². The number of pyridine rings is 1. The molecular formula is C15H15N3O. The smallest absolute Gasteiger partial charge is 0.229 e. The summed E-state index contributed by atoms with van der Waals surface area (Å²) in [5, 5.41) is 3.38. The van der Waals surface area contributed by atoms with Gasteiger partial charge in [-0.15, -0.1) is 0 Å². The molecular weight excluding hydrogens is 238 g/mol. The van der Waals surface area contributed by atoms with Crippen LogP contribution in [-0.4, -0.2) is 17.9 Å². The first kappa shape index (κ1) is 11.7.